The van der Waals surface area contributed by atoms with Crippen molar-refractivity contribution in [2.75, 3.05) is 6.54 Å². The molecule has 0 aromatic heterocycles. The zero-order chi connectivity index (χ0) is 23.7. The van der Waals surface area contributed by atoms with Crippen LogP contribution in [0.5, 0.6) is 5.75 Å². The summed E-state index contributed by atoms with van der Waals surface area (Å²) in [6, 6.07) is -2.02. The van der Waals surface area contributed by atoms with E-state index in [1.807, 2.05) is 0 Å². The normalized spacial score (nSPS) is 14.6. The van der Waals surface area contributed by atoms with Crippen LogP contribution in [0.3, 0.4) is 0 Å². The first-order valence-corrected chi connectivity index (χ1v) is 8.49. The number of nitrogens with zero attached hydrogens (tertiary/aromatic N) is 1. The molecule has 1 aromatic rings. The lowest BCUT2D eigenvalue weighted by molar-refractivity contribution is -0.151. The van der Waals surface area contributed by atoms with Gasteiger partial charge in [-0.1, -0.05) is 0 Å². The van der Waals surface area contributed by atoms with Gasteiger partial charge in [-0.05, 0) is 20.8 Å². The quantitative estimate of drug-likeness (QED) is 0.184. The number of nitrogens with one attached hydrogen (secondary N) is 1. The molecule has 8 nitrogen and oxygen atoms in total. The summed E-state index contributed by atoms with van der Waals surface area (Å²) in [5.74, 6) is -17.9. The molecule has 31 heavy (non-hydrogen) atoms. The van der Waals surface area contributed by atoms with Crippen LogP contribution < -0.4 is 10.1 Å². The Bertz CT molecular complexity index is 942. The maximum atomic E-state index is 13.8. The maximum absolute atomic E-state index is 13.8. The topological polar surface area (TPSA) is 102 Å². The van der Waals surface area contributed by atoms with E-state index in [2.05, 4.69) is 10.1 Å². The molecule has 1 aromatic carbocycles. The minimum Gasteiger partial charge on any atom is -0.444 e. The molecule has 3 amide bonds. The van der Waals surface area contributed by atoms with Crippen LogP contribution >= 0.6 is 0 Å². The van der Waals surface area contributed by atoms with Crippen LogP contribution in [-0.4, -0.2) is 47.0 Å². The number of amides is 3. The molecule has 0 fully saturated rings. The van der Waals surface area contributed by atoms with Crippen LogP contribution in [0.25, 0.3) is 0 Å². The average molecular weight is 450 g/mol. The van der Waals surface area contributed by atoms with Crippen molar-refractivity contribution in [1.29, 1.82) is 0 Å². The van der Waals surface area contributed by atoms with Gasteiger partial charge in [0.25, 0.3) is 11.8 Å². The second-order valence-corrected chi connectivity index (χ2v) is 7.10. The Balaban J connectivity index is 2.32. The van der Waals surface area contributed by atoms with Gasteiger partial charge in [0.2, 0.25) is 34.8 Å². The van der Waals surface area contributed by atoms with Crippen LogP contribution in [0.1, 0.15) is 20.8 Å². The first-order valence-electron chi connectivity index (χ1n) is 8.49. The minimum absolute atomic E-state index is 0.270. The lowest BCUT2D eigenvalue weighted by Crippen LogP contribution is -2.53. The number of carbonyl (C=O) groups excluding carboxylic acids is 4. The van der Waals surface area contributed by atoms with E-state index in [1.54, 1.807) is 0 Å². The summed E-state index contributed by atoms with van der Waals surface area (Å²) >= 11 is 0. The largest absolute Gasteiger partial charge is 0.444 e. The molecule has 2 rings (SSSR count). The number of esters is 1. The zero-order valence-electron chi connectivity index (χ0n) is 16.2. The minimum atomic E-state index is -2.48. The third-order valence-electron chi connectivity index (χ3n) is 3.64. The molecule has 1 N–H and O–H groups in total. The molecule has 13 heteroatoms. The summed E-state index contributed by atoms with van der Waals surface area (Å²) in [6.45, 7) is 3.69. The van der Waals surface area contributed by atoms with Gasteiger partial charge in [0, 0.05) is 12.2 Å². The Hall–Kier alpha value is -3.51. The lowest BCUT2D eigenvalue weighted by Gasteiger charge is -2.26. The predicted molar refractivity (Wildman–Crippen MR) is 90.9 cm³/mol. The molecule has 1 aliphatic rings. The van der Waals surface area contributed by atoms with Crippen LogP contribution in [0.15, 0.2) is 12.2 Å². The number of alkyl carbamates (subject to hydrolysis) is 1. The lowest BCUT2D eigenvalue weighted by atomic mass is 10.2. The number of ether oxygens (including phenoxy) is 2. The van der Waals surface area contributed by atoms with Crippen molar-refractivity contribution in [3.8, 4) is 5.75 Å². The molecule has 1 heterocycles. The van der Waals surface area contributed by atoms with Crippen molar-refractivity contribution in [3.63, 3.8) is 0 Å². The molecule has 0 spiro atoms. The van der Waals surface area contributed by atoms with Crippen molar-refractivity contribution in [2.24, 2.45) is 0 Å². The van der Waals surface area contributed by atoms with Crippen LogP contribution in [-0.2, 0) is 19.1 Å². The first-order chi connectivity index (χ1) is 14.2. The van der Waals surface area contributed by atoms with E-state index >= 15 is 0 Å². The Morgan fingerprint density at radius 2 is 1.39 bits per heavy atom. The number of carbonyl (C=O) groups is 4. The van der Waals surface area contributed by atoms with Crippen molar-refractivity contribution >= 4 is 23.9 Å². The molecule has 0 aliphatic carbocycles. The molecule has 0 bridgehead atoms. The van der Waals surface area contributed by atoms with Gasteiger partial charge in [-0.25, -0.2) is 22.8 Å². The number of halogens is 5. The number of rotatable bonds is 5. The van der Waals surface area contributed by atoms with Gasteiger partial charge in [0.05, 0.1) is 6.54 Å². The Kier molecular flexibility index (Phi) is 6.67. The van der Waals surface area contributed by atoms with Gasteiger partial charge in [-0.15, -0.1) is 0 Å². The van der Waals surface area contributed by atoms with E-state index in [1.165, 1.54) is 20.8 Å². The van der Waals surface area contributed by atoms with Gasteiger partial charge >= 0.3 is 12.1 Å². The summed E-state index contributed by atoms with van der Waals surface area (Å²) in [7, 11) is 0. The van der Waals surface area contributed by atoms with Gasteiger partial charge in [-0.3, -0.25) is 14.5 Å². The Labute approximate surface area is 171 Å². The van der Waals surface area contributed by atoms with E-state index in [9.17, 15) is 41.1 Å². The van der Waals surface area contributed by atoms with E-state index in [0.29, 0.717) is 0 Å². The van der Waals surface area contributed by atoms with Crippen LogP contribution in [0, 0.1) is 29.1 Å². The SMILES string of the molecule is CC(C)(C)OC(=O)NCC(C(=O)Oc1c(F)c(F)c(F)c(F)c1F)N1C(=O)C=CC1=O. The summed E-state index contributed by atoms with van der Waals surface area (Å²) in [5.41, 5.74) is -0.962. The third-order valence-corrected chi connectivity index (χ3v) is 3.64. The average Bonchev–Trinajstić information content (AvgIpc) is 2.99. The van der Waals surface area contributed by atoms with Gasteiger partial charge in [0.15, 0.2) is 6.04 Å². The van der Waals surface area contributed by atoms with E-state index in [0.717, 1.165) is 12.2 Å². The number of hydrogen-bond acceptors (Lipinski definition) is 6. The third kappa shape index (κ3) is 5.16. The van der Waals surface area contributed by atoms with E-state index in [4.69, 9.17) is 4.74 Å². The second kappa shape index (κ2) is 8.70. The molecule has 168 valence electrons. The molecular weight excluding hydrogens is 435 g/mol. The molecule has 0 saturated carbocycles. The highest BCUT2D eigenvalue weighted by Crippen LogP contribution is 2.29. The first kappa shape index (κ1) is 23.8. The highest BCUT2D eigenvalue weighted by molar-refractivity contribution is 6.15. The molecule has 1 atom stereocenters. The molecular formula is C18H15F5N2O6. The summed E-state index contributed by atoms with van der Waals surface area (Å²) in [4.78, 5) is 48.3. The molecule has 1 aliphatic heterocycles. The Morgan fingerprint density at radius 3 is 1.84 bits per heavy atom. The van der Waals surface area contributed by atoms with Gasteiger partial charge in [0.1, 0.15) is 5.60 Å². The fraction of sp³-hybridized carbons (Fsp3) is 0.333. The van der Waals surface area contributed by atoms with Crippen LogP contribution in [0.4, 0.5) is 26.7 Å². The smallest absolute Gasteiger partial charge is 0.407 e. The summed E-state index contributed by atoms with van der Waals surface area (Å²) in [6.07, 6.45) is 0.428. The highest BCUT2D eigenvalue weighted by atomic mass is 19.2. The van der Waals surface area contributed by atoms with Crippen molar-refractivity contribution < 1.29 is 50.6 Å². The van der Waals surface area contributed by atoms with Crippen LogP contribution in [0.2, 0.25) is 0 Å². The number of imide groups is 1. The van der Waals surface area contributed by atoms with Gasteiger partial charge < -0.3 is 14.8 Å². The molecule has 0 saturated heterocycles. The van der Waals surface area contributed by atoms with Gasteiger partial charge in [-0.2, -0.15) is 8.78 Å². The summed E-state index contributed by atoms with van der Waals surface area (Å²) in [5, 5.41) is 2.05. The van der Waals surface area contributed by atoms with Crippen molar-refractivity contribution in [2.45, 2.75) is 32.4 Å². The standard InChI is InChI=1S/C18H15F5N2O6/c1-18(2,3)31-17(29)24-6-7(25-8(26)4-5-9(25)27)16(28)30-15-13(22)11(20)10(19)12(21)14(15)23/h4-5,7H,6H2,1-3H3,(H,24,29). The molecule has 0 radical (unpaired) electrons. The van der Waals surface area contributed by atoms with Crippen molar-refractivity contribution in [1.82, 2.24) is 10.2 Å². The zero-order valence-corrected chi connectivity index (χ0v) is 16.2. The monoisotopic (exact) mass is 450 g/mol. The fourth-order valence-corrected chi connectivity index (χ4v) is 2.34. The number of benzene rings is 1. The maximum Gasteiger partial charge on any atom is 0.407 e. The summed E-state index contributed by atoms with van der Waals surface area (Å²) < 4.78 is 76.7. The van der Waals surface area contributed by atoms with E-state index < -0.39 is 76.9 Å². The fourth-order valence-electron chi connectivity index (χ4n) is 2.34. The highest BCUT2D eigenvalue weighted by Gasteiger charge is 2.39. The Morgan fingerprint density at radius 1 is 0.935 bits per heavy atom. The van der Waals surface area contributed by atoms with E-state index in [-0.39, 0.29) is 4.90 Å². The molecule has 1 unspecified atom stereocenters. The predicted octanol–water partition coefficient (Wildman–Crippen LogP) is 2.11. The number of hydrogen-bond donors (Lipinski definition) is 1. The second-order valence-electron chi connectivity index (χ2n) is 7.10. The van der Waals surface area contributed by atoms with Crippen molar-refractivity contribution in [3.05, 3.63) is 41.2 Å².